The van der Waals surface area contributed by atoms with Crippen LogP contribution in [0.15, 0.2) is 11.4 Å². The minimum atomic E-state index is -4.46. The number of nitrogens with one attached hydrogen (secondary N) is 1. The minimum Gasteiger partial charge on any atom is -0.355 e. The van der Waals surface area contributed by atoms with E-state index in [4.69, 9.17) is 5.26 Å². The van der Waals surface area contributed by atoms with E-state index < -0.39 is 11.2 Å². The predicted molar refractivity (Wildman–Crippen MR) is 61.3 cm³/mol. The van der Waals surface area contributed by atoms with Crippen molar-refractivity contribution in [3.63, 3.8) is 0 Å². The highest BCUT2D eigenvalue weighted by Gasteiger charge is 2.35. The van der Waals surface area contributed by atoms with Crippen LogP contribution in [0, 0.1) is 11.3 Å². The fraction of sp³-hybridized carbons (Fsp3) is 0.222. The molecular formula is C9H5F3N4S2. The van der Waals surface area contributed by atoms with Crippen molar-refractivity contribution in [3.8, 4) is 6.07 Å². The van der Waals surface area contributed by atoms with Crippen LogP contribution in [0.2, 0.25) is 0 Å². The molecule has 0 aromatic carbocycles. The summed E-state index contributed by atoms with van der Waals surface area (Å²) in [6.07, 6.45) is -4.46. The smallest absolute Gasteiger partial charge is 0.355 e. The lowest BCUT2D eigenvalue weighted by Gasteiger charge is -1.99. The molecule has 0 saturated carbocycles. The summed E-state index contributed by atoms with van der Waals surface area (Å²) in [4.78, 5) is 0.843. The topological polar surface area (TPSA) is 61.6 Å². The van der Waals surface area contributed by atoms with Gasteiger partial charge in [0.05, 0.1) is 12.1 Å². The van der Waals surface area contributed by atoms with Gasteiger partial charge in [0.1, 0.15) is 6.07 Å². The largest absolute Gasteiger partial charge is 0.445 e. The minimum absolute atomic E-state index is 0.106. The van der Waals surface area contributed by atoms with Gasteiger partial charge in [0.25, 0.3) is 0 Å². The average molecular weight is 290 g/mol. The number of nitriles is 1. The molecular weight excluding hydrogens is 285 g/mol. The molecule has 4 nitrogen and oxygen atoms in total. The third-order valence-electron chi connectivity index (χ3n) is 1.86. The van der Waals surface area contributed by atoms with Crippen LogP contribution in [0.1, 0.15) is 15.4 Å². The third-order valence-corrected chi connectivity index (χ3v) is 3.73. The molecule has 0 unspecified atom stereocenters. The van der Waals surface area contributed by atoms with E-state index in [9.17, 15) is 13.2 Å². The number of hydrogen-bond acceptors (Lipinski definition) is 6. The molecule has 94 valence electrons. The van der Waals surface area contributed by atoms with Gasteiger partial charge in [-0.05, 0) is 6.07 Å². The van der Waals surface area contributed by atoms with Gasteiger partial charge in [-0.1, -0.05) is 11.3 Å². The molecule has 0 spiro atoms. The van der Waals surface area contributed by atoms with Crippen LogP contribution < -0.4 is 5.32 Å². The van der Waals surface area contributed by atoms with E-state index in [0.29, 0.717) is 23.4 Å². The maximum absolute atomic E-state index is 12.3. The fourth-order valence-electron chi connectivity index (χ4n) is 1.10. The molecule has 9 heteroatoms. The summed E-state index contributed by atoms with van der Waals surface area (Å²) in [5.74, 6) is 0. The molecule has 0 radical (unpaired) electrons. The van der Waals surface area contributed by atoms with Crippen molar-refractivity contribution in [2.45, 2.75) is 12.7 Å². The second kappa shape index (κ2) is 4.91. The van der Waals surface area contributed by atoms with Crippen LogP contribution >= 0.6 is 22.7 Å². The molecule has 0 amide bonds. The highest BCUT2D eigenvalue weighted by atomic mass is 32.1. The summed E-state index contributed by atoms with van der Waals surface area (Å²) in [6.45, 7) is 0.318. The molecule has 0 aliphatic heterocycles. The molecule has 0 atom stereocenters. The van der Waals surface area contributed by atoms with Crippen molar-refractivity contribution in [1.82, 2.24) is 10.2 Å². The molecule has 2 aromatic heterocycles. The van der Waals surface area contributed by atoms with Gasteiger partial charge in [0.2, 0.25) is 10.1 Å². The Labute approximate surface area is 108 Å². The Balaban J connectivity index is 1.98. The van der Waals surface area contributed by atoms with E-state index >= 15 is 0 Å². The van der Waals surface area contributed by atoms with Gasteiger partial charge in [0.15, 0.2) is 0 Å². The second-order valence-electron chi connectivity index (χ2n) is 3.18. The van der Waals surface area contributed by atoms with Gasteiger partial charge in [-0.25, -0.2) is 0 Å². The number of aromatic nitrogens is 2. The van der Waals surface area contributed by atoms with E-state index in [1.165, 1.54) is 11.3 Å². The first-order valence-corrected chi connectivity index (χ1v) is 6.31. The Morgan fingerprint density at radius 2 is 2.17 bits per heavy atom. The lowest BCUT2D eigenvalue weighted by atomic mass is 10.3. The average Bonchev–Trinajstić information content (AvgIpc) is 2.94. The van der Waals surface area contributed by atoms with E-state index in [2.05, 4.69) is 15.5 Å². The number of anilines is 1. The van der Waals surface area contributed by atoms with Crippen molar-refractivity contribution in [2.75, 3.05) is 5.32 Å². The highest BCUT2D eigenvalue weighted by molar-refractivity contribution is 7.15. The van der Waals surface area contributed by atoms with Crippen molar-refractivity contribution in [1.29, 1.82) is 5.26 Å². The number of thiophene rings is 1. The molecule has 0 aliphatic carbocycles. The molecule has 2 aromatic rings. The third kappa shape index (κ3) is 2.96. The Morgan fingerprint density at radius 3 is 2.72 bits per heavy atom. The summed E-state index contributed by atoms with van der Waals surface area (Å²) in [6, 6.07) is 3.65. The quantitative estimate of drug-likeness (QED) is 0.943. The Bertz CT molecular complexity index is 581. The summed E-state index contributed by atoms with van der Waals surface area (Å²) in [5, 5.41) is 18.6. The van der Waals surface area contributed by atoms with Gasteiger partial charge >= 0.3 is 6.18 Å². The normalized spacial score (nSPS) is 11.2. The Kier molecular flexibility index (Phi) is 3.49. The molecule has 0 bridgehead atoms. The van der Waals surface area contributed by atoms with Crippen LogP contribution in [0.25, 0.3) is 0 Å². The van der Waals surface area contributed by atoms with Crippen LogP contribution in [-0.2, 0) is 12.7 Å². The molecule has 0 fully saturated rings. The van der Waals surface area contributed by atoms with E-state index in [-0.39, 0.29) is 5.13 Å². The molecule has 18 heavy (non-hydrogen) atoms. The SMILES string of the molecule is N#Cc1csc(CNc2nnc(C(F)(F)F)s2)c1. The zero-order valence-corrected chi connectivity index (χ0v) is 10.3. The van der Waals surface area contributed by atoms with Crippen molar-refractivity contribution < 1.29 is 13.2 Å². The van der Waals surface area contributed by atoms with Crippen LogP contribution in [-0.4, -0.2) is 10.2 Å². The lowest BCUT2D eigenvalue weighted by Crippen LogP contribution is -2.03. The first kappa shape index (κ1) is 12.8. The zero-order valence-electron chi connectivity index (χ0n) is 8.65. The standard InChI is InChI=1S/C9H5F3N4S2/c10-9(11,12)7-15-16-8(18-7)14-3-6-1-5(2-13)4-17-6/h1,4H,3H2,(H,14,16). The number of nitrogens with zero attached hydrogens (tertiary/aromatic N) is 3. The lowest BCUT2D eigenvalue weighted by molar-refractivity contribution is -0.138. The fourth-order valence-corrected chi connectivity index (χ4v) is 2.46. The zero-order chi connectivity index (χ0) is 13.2. The van der Waals surface area contributed by atoms with E-state index in [1.807, 2.05) is 6.07 Å². The van der Waals surface area contributed by atoms with Crippen molar-refractivity contribution in [3.05, 3.63) is 26.9 Å². The molecule has 2 rings (SSSR count). The number of hydrogen-bond donors (Lipinski definition) is 1. The maximum Gasteiger partial charge on any atom is 0.445 e. The van der Waals surface area contributed by atoms with Gasteiger partial charge in [-0.2, -0.15) is 18.4 Å². The first-order valence-electron chi connectivity index (χ1n) is 4.61. The number of alkyl halides is 3. The van der Waals surface area contributed by atoms with Gasteiger partial charge in [0, 0.05) is 10.3 Å². The highest BCUT2D eigenvalue weighted by Crippen LogP contribution is 2.33. The second-order valence-corrected chi connectivity index (χ2v) is 5.15. The summed E-state index contributed by atoms with van der Waals surface area (Å²) in [7, 11) is 0. The Hall–Kier alpha value is -1.66. The number of halogens is 3. The molecule has 1 N–H and O–H groups in total. The monoisotopic (exact) mass is 290 g/mol. The molecule has 2 heterocycles. The summed E-state index contributed by atoms with van der Waals surface area (Å²) in [5.41, 5.74) is 0.532. The molecule has 0 aliphatic rings. The predicted octanol–water partition coefficient (Wildman–Crippen LogP) is 3.10. The molecule has 0 saturated heterocycles. The van der Waals surface area contributed by atoms with Crippen LogP contribution in [0.5, 0.6) is 0 Å². The van der Waals surface area contributed by atoms with Crippen molar-refractivity contribution >= 4 is 27.8 Å². The summed E-state index contributed by atoms with van der Waals surface area (Å²) >= 11 is 1.81. The summed E-state index contributed by atoms with van der Waals surface area (Å²) < 4.78 is 36.8. The van der Waals surface area contributed by atoms with Gasteiger partial charge in [-0.3, -0.25) is 0 Å². The number of rotatable bonds is 3. The van der Waals surface area contributed by atoms with Crippen LogP contribution in [0.4, 0.5) is 18.3 Å². The van der Waals surface area contributed by atoms with Gasteiger partial charge < -0.3 is 5.32 Å². The van der Waals surface area contributed by atoms with Crippen molar-refractivity contribution in [2.24, 2.45) is 0 Å². The van der Waals surface area contributed by atoms with Crippen LogP contribution in [0.3, 0.4) is 0 Å². The van der Waals surface area contributed by atoms with E-state index in [1.54, 1.807) is 11.4 Å². The van der Waals surface area contributed by atoms with Gasteiger partial charge in [-0.15, -0.1) is 21.5 Å². The Morgan fingerprint density at radius 1 is 1.39 bits per heavy atom. The first-order chi connectivity index (χ1) is 8.49. The van der Waals surface area contributed by atoms with E-state index in [0.717, 1.165) is 4.88 Å². The maximum atomic E-state index is 12.3.